The summed E-state index contributed by atoms with van der Waals surface area (Å²) < 4.78 is 10.3. The SMILES string of the molecule is COCc1cccc(C(O)C2(C#N)CCOC2)c1. The molecule has 1 fully saturated rings. The highest BCUT2D eigenvalue weighted by molar-refractivity contribution is 5.28. The largest absolute Gasteiger partial charge is 0.387 e. The molecule has 0 radical (unpaired) electrons. The van der Waals surface area contributed by atoms with Gasteiger partial charge in [-0.25, -0.2) is 0 Å². The smallest absolute Gasteiger partial charge is 0.113 e. The maximum absolute atomic E-state index is 10.4. The predicted molar refractivity (Wildman–Crippen MR) is 65.6 cm³/mol. The summed E-state index contributed by atoms with van der Waals surface area (Å²) in [6.45, 7) is 1.32. The van der Waals surface area contributed by atoms with Gasteiger partial charge < -0.3 is 14.6 Å². The average Bonchev–Trinajstić information content (AvgIpc) is 2.88. The monoisotopic (exact) mass is 247 g/mol. The number of nitrogens with zero attached hydrogens (tertiary/aromatic N) is 1. The summed E-state index contributed by atoms with van der Waals surface area (Å²) in [5.74, 6) is 0. The molecule has 1 N–H and O–H groups in total. The molecule has 0 aromatic heterocycles. The van der Waals surface area contributed by atoms with Crippen molar-refractivity contribution in [1.82, 2.24) is 0 Å². The highest BCUT2D eigenvalue weighted by atomic mass is 16.5. The van der Waals surface area contributed by atoms with E-state index in [1.807, 2.05) is 24.3 Å². The lowest BCUT2D eigenvalue weighted by Crippen LogP contribution is -2.27. The number of ether oxygens (including phenoxy) is 2. The Balaban J connectivity index is 2.25. The molecule has 0 bridgehead atoms. The maximum Gasteiger partial charge on any atom is 0.113 e. The quantitative estimate of drug-likeness (QED) is 0.881. The van der Waals surface area contributed by atoms with Crippen LogP contribution < -0.4 is 0 Å². The predicted octanol–water partition coefficient (Wildman–Crippen LogP) is 1.80. The molecule has 1 aliphatic rings. The van der Waals surface area contributed by atoms with Gasteiger partial charge in [-0.05, 0) is 17.5 Å². The van der Waals surface area contributed by atoms with Gasteiger partial charge in [0.1, 0.15) is 5.41 Å². The van der Waals surface area contributed by atoms with E-state index in [2.05, 4.69) is 6.07 Å². The Hall–Kier alpha value is -1.41. The molecule has 0 saturated carbocycles. The molecule has 1 aromatic carbocycles. The number of methoxy groups -OCH3 is 1. The van der Waals surface area contributed by atoms with Crippen molar-refractivity contribution >= 4 is 0 Å². The lowest BCUT2D eigenvalue weighted by Gasteiger charge is -2.25. The molecular weight excluding hydrogens is 230 g/mol. The van der Waals surface area contributed by atoms with Crippen LogP contribution in [0.5, 0.6) is 0 Å². The second-order valence-electron chi connectivity index (χ2n) is 4.65. The molecule has 4 nitrogen and oxygen atoms in total. The first-order valence-electron chi connectivity index (χ1n) is 5.97. The highest BCUT2D eigenvalue weighted by Crippen LogP contribution is 2.40. The van der Waals surface area contributed by atoms with Gasteiger partial charge in [0.2, 0.25) is 0 Å². The minimum atomic E-state index is -0.818. The van der Waals surface area contributed by atoms with Crippen molar-refractivity contribution < 1.29 is 14.6 Å². The van der Waals surface area contributed by atoms with Crippen LogP contribution in [0, 0.1) is 16.7 Å². The summed E-state index contributed by atoms with van der Waals surface area (Å²) in [5, 5.41) is 19.7. The number of hydrogen-bond donors (Lipinski definition) is 1. The van der Waals surface area contributed by atoms with Gasteiger partial charge in [-0.15, -0.1) is 0 Å². The van der Waals surface area contributed by atoms with Crippen molar-refractivity contribution in [3.05, 3.63) is 35.4 Å². The van der Waals surface area contributed by atoms with Crippen molar-refractivity contribution in [3.8, 4) is 6.07 Å². The zero-order chi connectivity index (χ0) is 13.0. The molecule has 1 aliphatic heterocycles. The molecule has 1 aromatic rings. The zero-order valence-corrected chi connectivity index (χ0v) is 10.4. The van der Waals surface area contributed by atoms with Gasteiger partial charge in [0.05, 0.1) is 25.4 Å². The van der Waals surface area contributed by atoms with Crippen LogP contribution in [0.2, 0.25) is 0 Å². The molecule has 2 rings (SSSR count). The number of nitriles is 1. The van der Waals surface area contributed by atoms with Crippen LogP contribution in [0.15, 0.2) is 24.3 Å². The van der Waals surface area contributed by atoms with Crippen LogP contribution in [0.25, 0.3) is 0 Å². The molecule has 1 saturated heterocycles. The van der Waals surface area contributed by atoms with E-state index in [9.17, 15) is 10.4 Å². The van der Waals surface area contributed by atoms with E-state index in [4.69, 9.17) is 9.47 Å². The lowest BCUT2D eigenvalue weighted by molar-refractivity contribution is 0.0502. The van der Waals surface area contributed by atoms with Gasteiger partial charge in [-0.1, -0.05) is 24.3 Å². The van der Waals surface area contributed by atoms with Crippen molar-refractivity contribution in [3.63, 3.8) is 0 Å². The third kappa shape index (κ3) is 2.39. The van der Waals surface area contributed by atoms with E-state index in [0.29, 0.717) is 26.2 Å². The Kier molecular flexibility index (Phi) is 3.97. The fourth-order valence-corrected chi connectivity index (χ4v) is 2.28. The fourth-order valence-electron chi connectivity index (χ4n) is 2.28. The van der Waals surface area contributed by atoms with Crippen LogP contribution in [-0.2, 0) is 16.1 Å². The first kappa shape index (κ1) is 13.0. The molecule has 2 atom stereocenters. The maximum atomic E-state index is 10.4. The van der Waals surface area contributed by atoms with Crippen LogP contribution in [0.4, 0.5) is 0 Å². The molecule has 1 heterocycles. The van der Waals surface area contributed by atoms with Crippen molar-refractivity contribution in [2.45, 2.75) is 19.1 Å². The van der Waals surface area contributed by atoms with Crippen molar-refractivity contribution in [2.24, 2.45) is 5.41 Å². The number of benzene rings is 1. The summed E-state index contributed by atoms with van der Waals surface area (Å²) in [5.41, 5.74) is 0.920. The highest BCUT2D eigenvalue weighted by Gasteiger charge is 2.43. The van der Waals surface area contributed by atoms with Crippen LogP contribution in [0.1, 0.15) is 23.7 Å². The molecule has 0 aliphatic carbocycles. The van der Waals surface area contributed by atoms with E-state index >= 15 is 0 Å². The van der Waals surface area contributed by atoms with Gasteiger partial charge in [0.15, 0.2) is 0 Å². The van der Waals surface area contributed by atoms with Crippen molar-refractivity contribution in [1.29, 1.82) is 5.26 Å². The Morgan fingerprint density at radius 1 is 1.61 bits per heavy atom. The normalized spacial score (nSPS) is 24.7. The third-order valence-electron chi connectivity index (χ3n) is 3.38. The van der Waals surface area contributed by atoms with Crippen molar-refractivity contribution in [2.75, 3.05) is 20.3 Å². The van der Waals surface area contributed by atoms with Gasteiger partial charge in [0.25, 0.3) is 0 Å². The van der Waals surface area contributed by atoms with E-state index in [0.717, 1.165) is 11.1 Å². The minimum absolute atomic E-state index is 0.291. The van der Waals surface area contributed by atoms with E-state index in [1.165, 1.54) is 0 Å². The Bertz CT molecular complexity index is 447. The Morgan fingerprint density at radius 2 is 2.44 bits per heavy atom. The Morgan fingerprint density at radius 3 is 3.06 bits per heavy atom. The van der Waals surface area contributed by atoms with Crippen LogP contribution in [0.3, 0.4) is 0 Å². The summed E-state index contributed by atoms with van der Waals surface area (Å²) in [7, 11) is 1.63. The Labute approximate surface area is 107 Å². The average molecular weight is 247 g/mol. The zero-order valence-electron chi connectivity index (χ0n) is 10.4. The number of aliphatic hydroxyl groups excluding tert-OH is 1. The van der Waals surface area contributed by atoms with Gasteiger partial charge >= 0.3 is 0 Å². The summed E-state index contributed by atoms with van der Waals surface area (Å²) in [4.78, 5) is 0. The first-order chi connectivity index (χ1) is 8.72. The lowest BCUT2D eigenvalue weighted by atomic mass is 9.79. The molecule has 4 heteroatoms. The fraction of sp³-hybridized carbons (Fsp3) is 0.500. The minimum Gasteiger partial charge on any atom is -0.387 e. The molecule has 2 unspecified atom stereocenters. The van der Waals surface area contributed by atoms with Gasteiger partial charge in [-0.2, -0.15) is 5.26 Å². The number of hydrogen-bond acceptors (Lipinski definition) is 4. The molecule has 96 valence electrons. The molecule has 18 heavy (non-hydrogen) atoms. The third-order valence-corrected chi connectivity index (χ3v) is 3.38. The van der Waals surface area contributed by atoms with E-state index in [-0.39, 0.29) is 0 Å². The van der Waals surface area contributed by atoms with E-state index < -0.39 is 11.5 Å². The summed E-state index contributed by atoms with van der Waals surface area (Å²) in [6.07, 6.45) is -0.249. The van der Waals surface area contributed by atoms with Gasteiger partial charge in [-0.3, -0.25) is 0 Å². The number of rotatable bonds is 4. The topological polar surface area (TPSA) is 62.5 Å². The summed E-state index contributed by atoms with van der Waals surface area (Å²) >= 11 is 0. The van der Waals surface area contributed by atoms with E-state index in [1.54, 1.807) is 7.11 Å². The molecule has 0 spiro atoms. The second kappa shape index (κ2) is 5.49. The first-order valence-corrected chi connectivity index (χ1v) is 5.97. The van der Waals surface area contributed by atoms with Crippen LogP contribution >= 0.6 is 0 Å². The standard InChI is InChI=1S/C14H17NO3/c1-17-8-11-3-2-4-12(7-11)13(16)14(9-15)5-6-18-10-14/h2-4,7,13,16H,5-6,8,10H2,1H3. The van der Waals surface area contributed by atoms with Crippen LogP contribution in [-0.4, -0.2) is 25.4 Å². The molecule has 0 amide bonds. The number of aliphatic hydroxyl groups is 1. The second-order valence-corrected chi connectivity index (χ2v) is 4.65. The molecular formula is C14H17NO3. The summed E-state index contributed by atoms with van der Waals surface area (Å²) in [6, 6.07) is 9.74. The van der Waals surface area contributed by atoms with Gasteiger partial charge in [0, 0.05) is 13.7 Å².